The van der Waals surface area contributed by atoms with E-state index < -0.39 is 17.0 Å². The summed E-state index contributed by atoms with van der Waals surface area (Å²) in [5.74, 6) is 0.754. The molecule has 2 aliphatic rings. The molecule has 0 bridgehead atoms. The monoisotopic (exact) mass is 346 g/mol. The van der Waals surface area contributed by atoms with Crippen molar-refractivity contribution in [3.63, 3.8) is 0 Å². The van der Waals surface area contributed by atoms with E-state index in [1.54, 1.807) is 25.3 Å². The summed E-state index contributed by atoms with van der Waals surface area (Å²) in [6, 6.07) is 12.2. The van der Waals surface area contributed by atoms with Gasteiger partial charge < -0.3 is 13.9 Å². The fourth-order valence-corrected chi connectivity index (χ4v) is 3.95. The van der Waals surface area contributed by atoms with Gasteiger partial charge in [-0.25, -0.2) is 9.59 Å². The maximum Gasteiger partial charge on any atom is 0.336 e. The van der Waals surface area contributed by atoms with Gasteiger partial charge in [0.1, 0.15) is 22.5 Å². The lowest BCUT2D eigenvalue weighted by molar-refractivity contribution is -0.135. The highest BCUT2D eigenvalue weighted by Crippen LogP contribution is 2.51. The van der Waals surface area contributed by atoms with Crippen molar-refractivity contribution in [2.24, 2.45) is 0 Å². The van der Waals surface area contributed by atoms with Crippen LogP contribution in [0.4, 0.5) is 0 Å². The first-order valence-corrected chi connectivity index (χ1v) is 8.28. The number of carbonyl (C=O) groups is 1. The first kappa shape index (κ1) is 15.0. The largest absolute Gasteiger partial charge is 0.497 e. The average molecular weight is 346 g/mol. The summed E-state index contributed by atoms with van der Waals surface area (Å²) in [5, 5.41) is 0.745. The Labute approximate surface area is 148 Å². The molecule has 0 saturated heterocycles. The number of allylic oxidation sites excluding steroid dienone is 1. The molecule has 2 heterocycles. The minimum Gasteiger partial charge on any atom is -0.497 e. The Balaban J connectivity index is 1.90. The minimum atomic E-state index is -1.12. The quantitative estimate of drug-likeness (QED) is 0.293. The van der Waals surface area contributed by atoms with E-state index in [1.165, 1.54) is 6.07 Å². The van der Waals surface area contributed by atoms with Crippen LogP contribution in [0.2, 0.25) is 0 Å². The molecule has 0 amide bonds. The summed E-state index contributed by atoms with van der Waals surface area (Å²) < 4.78 is 16.4. The van der Waals surface area contributed by atoms with Gasteiger partial charge in [0.25, 0.3) is 0 Å². The van der Waals surface area contributed by atoms with Gasteiger partial charge >= 0.3 is 11.6 Å². The van der Waals surface area contributed by atoms with Crippen molar-refractivity contribution in [3.05, 3.63) is 81.7 Å². The van der Waals surface area contributed by atoms with E-state index in [2.05, 4.69) is 0 Å². The van der Waals surface area contributed by atoms with Crippen LogP contribution in [-0.4, -0.2) is 13.1 Å². The number of esters is 1. The van der Waals surface area contributed by atoms with Crippen LogP contribution in [0.5, 0.6) is 11.5 Å². The molecule has 0 saturated carbocycles. The summed E-state index contributed by atoms with van der Waals surface area (Å²) in [5.41, 5.74) is 1.19. The molecule has 5 rings (SSSR count). The van der Waals surface area contributed by atoms with Crippen molar-refractivity contribution in [3.8, 4) is 11.5 Å². The van der Waals surface area contributed by atoms with Crippen LogP contribution in [0.1, 0.15) is 16.7 Å². The minimum absolute atomic E-state index is 0.383. The Morgan fingerprint density at radius 2 is 1.92 bits per heavy atom. The van der Waals surface area contributed by atoms with E-state index in [9.17, 15) is 9.59 Å². The Bertz CT molecular complexity index is 1170. The van der Waals surface area contributed by atoms with Gasteiger partial charge in [0.05, 0.1) is 12.7 Å². The van der Waals surface area contributed by atoms with Crippen molar-refractivity contribution in [1.29, 1.82) is 0 Å². The van der Waals surface area contributed by atoms with Crippen molar-refractivity contribution in [1.82, 2.24) is 0 Å². The van der Waals surface area contributed by atoms with Crippen LogP contribution in [0.25, 0.3) is 11.0 Å². The lowest BCUT2D eigenvalue weighted by Crippen LogP contribution is -2.35. The first-order valence-electron chi connectivity index (χ1n) is 8.28. The maximum atomic E-state index is 13.0. The van der Waals surface area contributed by atoms with E-state index in [-0.39, 0.29) is 0 Å². The number of benzene rings is 2. The third-order valence-corrected chi connectivity index (χ3v) is 5.11. The Morgan fingerprint density at radius 3 is 2.77 bits per heavy atom. The van der Waals surface area contributed by atoms with Gasteiger partial charge in [-0.15, -0.1) is 0 Å². The fourth-order valence-electron chi connectivity index (χ4n) is 3.95. The zero-order chi connectivity index (χ0) is 17.9. The van der Waals surface area contributed by atoms with Gasteiger partial charge in [-0.1, -0.05) is 18.2 Å². The molecular weight excluding hydrogens is 332 g/mol. The highest BCUT2D eigenvalue weighted by Gasteiger charge is 2.52. The molecule has 2 aromatic carbocycles. The predicted octanol–water partition coefficient (Wildman–Crippen LogP) is 3.12. The maximum absolute atomic E-state index is 13.0. The number of hydrogen-bond donors (Lipinski definition) is 0. The van der Waals surface area contributed by atoms with Gasteiger partial charge in [0.15, 0.2) is 0 Å². The van der Waals surface area contributed by atoms with E-state index >= 15 is 0 Å². The molecule has 1 spiro atoms. The standard InChI is InChI=1S/C21H14O5/c1-24-14-6-7-15-13(11-14)3-2-10-21(15)18-16(25-20(21)23)8-4-12-5-9-17(22)26-19(12)18/h2,4-11H,3H2,1H3. The summed E-state index contributed by atoms with van der Waals surface area (Å²) in [6.45, 7) is 0. The van der Waals surface area contributed by atoms with Crippen LogP contribution in [0, 0.1) is 0 Å². The van der Waals surface area contributed by atoms with E-state index in [1.807, 2.05) is 30.4 Å². The second-order valence-electron chi connectivity index (χ2n) is 6.44. The van der Waals surface area contributed by atoms with E-state index in [4.69, 9.17) is 13.9 Å². The van der Waals surface area contributed by atoms with E-state index in [0.29, 0.717) is 23.3 Å². The van der Waals surface area contributed by atoms with Gasteiger partial charge in [-0.3, -0.25) is 0 Å². The molecule has 5 heteroatoms. The number of rotatable bonds is 1. The lowest BCUT2D eigenvalue weighted by atomic mass is 9.70. The summed E-state index contributed by atoms with van der Waals surface area (Å²) in [4.78, 5) is 24.9. The number of fused-ring (bicyclic) bond motifs is 6. The van der Waals surface area contributed by atoms with Gasteiger partial charge in [-0.2, -0.15) is 0 Å². The smallest absolute Gasteiger partial charge is 0.336 e. The number of methoxy groups -OCH3 is 1. The Morgan fingerprint density at radius 1 is 1.08 bits per heavy atom. The number of ether oxygens (including phenoxy) is 2. The number of carbonyl (C=O) groups excluding carboxylic acids is 1. The van der Waals surface area contributed by atoms with Crippen molar-refractivity contribution < 1.29 is 18.7 Å². The molecule has 1 aliphatic carbocycles. The molecule has 1 aliphatic heterocycles. The molecule has 1 aromatic heterocycles. The first-order chi connectivity index (χ1) is 12.6. The predicted molar refractivity (Wildman–Crippen MR) is 94.7 cm³/mol. The summed E-state index contributed by atoms with van der Waals surface area (Å²) in [6.07, 6.45) is 4.48. The van der Waals surface area contributed by atoms with Crippen LogP contribution < -0.4 is 15.1 Å². The molecule has 0 fully saturated rings. The molecule has 128 valence electrons. The second kappa shape index (κ2) is 5.08. The number of hydrogen-bond acceptors (Lipinski definition) is 5. The van der Waals surface area contributed by atoms with Crippen molar-refractivity contribution in [2.45, 2.75) is 11.8 Å². The molecule has 26 heavy (non-hydrogen) atoms. The molecule has 0 radical (unpaired) electrons. The normalized spacial score (nSPS) is 20.1. The second-order valence-corrected chi connectivity index (χ2v) is 6.44. The molecule has 0 N–H and O–H groups in total. The van der Waals surface area contributed by atoms with Crippen LogP contribution >= 0.6 is 0 Å². The van der Waals surface area contributed by atoms with E-state index in [0.717, 1.165) is 22.3 Å². The van der Waals surface area contributed by atoms with Crippen LogP contribution in [-0.2, 0) is 16.6 Å². The molecular formula is C21H14O5. The lowest BCUT2D eigenvalue weighted by Gasteiger charge is -2.29. The Hall–Kier alpha value is -3.34. The van der Waals surface area contributed by atoms with Crippen LogP contribution in [0.15, 0.2) is 63.8 Å². The van der Waals surface area contributed by atoms with Gasteiger partial charge in [-0.05, 0) is 47.9 Å². The fraction of sp³-hybridized carbons (Fsp3) is 0.143. The van der Waals surface area contributed by atoms with Gasteiger partial charge in [0.2, 0.25) is 0 Å². The Kier molecular flexibility index (Phi) is 2.92. The van der Waals surface area contributed by atoms with Crippen LogP contribution in [0.3, 0.4) is 0 Å². The van der Waals surface area contributed by atoms with Crippen molar-refractivity contribution in [2.75, 3.05) is 7.11 Å². The topological polar surface area (TPSA) is 65.7 Å². The third kappa shape index (κ3) is 1.80. The highest BCUT2D eigenvalue weighted by molar-refractivity contribution is 6.03. The zero-order valence-corrected chi connectivity index (χ0v) is 13.9. The summed E-state index contributed by atoms with van der Waals surface area (Å²) in [7, 11) is 1.61. The molecule has 1 atom stereocenters. The average Bonchev–Trinajstić information content (AvgIpc) is 2.94. The summed E-state index contributed by atoms with van der Waals surface area (Å²) >= 11 is 0. The van der Waals surface area contributed by atoms with Crippen molar-refractivity contribution >= 4 is 16.9 Å². The SMILES string of the molecule is COc1ccc2c(c1)CC=CC21C(=O)Oc2ccc3ccc(=O)oc3c21. The molecule has 5 nitrogen and oxygen atoms in total. The molecule has 3 aromatic rings. The highest BCUT2D eigenvalue weighted by atomic mass is 16.5. The third-order valence-electron chi connectivity index (χ3n) is 5.11. The zero-order valence-electron chi connectivity index (χ0n) is 13.9. The molecule has 1 unspecified atom stereocenters. The van der Waals surface area contributed by atoms with Gasteiger partial charge in [0, 0.05) is 11.5 Å².